The molecule has 98 valence electrons. The summed E-state index contributed by atoms with van der Waals surface area (Å²) >= 11 is 0. The van der Waals surface area contributed by atoms with Crippen LogP contribution in [0.15, 0.2) is 24.3 Å². The number of hydrogen-bond donors (Lipinski definition) is 1. The van der Waals surface area contributed by atoms with Crippen molar-refractivity contribution in [2.24, 2.45) is 0 Å². The van der Waals surface area contributed by atoms with E-state index in [1.54, 1.807) is 0 Å². The second kappa shape index (κ2) is 5.69. The predicted molar refractivity (Wildman–Crippen MR) is 68.0 cm³/mol. The molecule has 0 radical (unpaired) electrons. The van der Waals surface area contributed by atoms with Gasteiger partial charge in [0, 0.05) is 19.5 Å². The van der Waals surface area contributed by atoms with Gasteiger partial charge in [-0.2, -0.15) is 0 Å². The van der Waals surface area contributed by atoms with E-state index in [1.165, 1.54) is 5.56 Å². The van der Waals surface area contributed by atoms with Gasteiger partial charge in [-0.05, 0) is 11.6 Å². The molecule has 1 fully saturated rings. The average molecular weight is 249 g/mol. The highest BCUT2D eigenvalue weighted by Crippen LogP contribution is 2.27. The van der Waals surface area contributed by atoms with Gasteiger partial charge >= 0.3 is 0 Å². The van der Waals surface area contributed by atoms with Crippen LogP contribution in [0.4, 0.5) is 0 Å². The van der Waals surface area contributed by atoms with Crippen molar-refractivity contribution >= 4 is 0 Å². The minimum absolute atomic E-state index is 0.183. The fraction of sp³-hybridized carbons (Fsp3) is 0.571. The van der Waals surface area contributed by atoms with Gasteiger partial charge in [-0.1, -0.05) is 18.2 Å². The first-order valence-corrected chi connectivity index (χ1v) is 6.56. The Morgan fingerprint density at radius 2 is 2.00 bits per heavy atom. The van der Waals surface area contributed by atoms with E-state index >= 15 is 0 Å². The average Bonchev–Trinajstić information content (AvgIpc) is 2.82. The SMILES string of the molecule is c1ccc2c(c1)CC(CNCC1COCCO1)O2. The molecule has 0 amide bonds. The molecule has 2 aliphatic rings. The monoisotopic (exact) mass is 249 g/mol. The number of nitrogens with one attached hydrogen (secondary N) is 1. The highest BCUT2D eigenvalue weighted by atomic mass is 16.6. The zero-order valence-electron chi connectivity index (χ0n) is 10.4. The molecule has 0 aliphatic carbocycles. The van der Waals surface area contributed by atoms with Crippen molar-refractivity contribution in [3.05, 3.63) is 29.8 Å². The van der Waals surface area contributed by atoms with Gasteiger partial charge in [0.15, 0.2) is 0 Å². The third-order valence-corrected chi connectivity index (χ3v) is 3.34. The lowest BCUT2D eigenvalue weighted by Gasteiger charge is -2.23. The molecule has 2 heterocycles. The summed E-state index contributed by atoms with van der Waals surface area (Å²) in [6, 6.07) is 8.24. The molecule has 2 atom stereocenters. The van der Waals surface area contributed by atoms with E-state index in [1.807, 2.05) is 12.1 Å². The van der Waals surface area contributed by atoms with Crippen molar-refractivity contribution in [2.45, 2.75) is 18.6 Å². The molecule has 0 spiro atoms. The molecule has 4 nitrogen and oxygen atoms in total. The third-order valence-electron chi connectivity index (χ3n) is 3.34. The van der Waals surface area contributed by atoms with Crippen molar-refractivity contribution in [1.29, 1.82) is 0 Å². The van der Waals surface area contributed by atoms with E-state index in [-0.39, 0.29) is 12.2 Å². The number of benzene rings is 1. The normalized spacial score (nSPS) is 26.7. The predicted octanol–water partition coefficient (Wildman–Crippen LogP) is 0.995. The Labute approximate surface area is 107 Å². The summed E-state index contributed by atoms with van der Waals surface area (Å²) in [7, 11) is 0. The highest BCUT2D eigenvalue weighted by molar-refractivity contribution is 5.37. The summed E-state index contributed by atoms with van der Waals surface area (Å²) in [4.78, 5) is 0. The molecule has 2 unspecified atom stereocenters. The second-order valence-corrected chi connectivity index (χ2v) is 4.78. The van der Waals surface area contributed by atoms with E-state index in [0.717, 1.165) is 31.9 Å². The van der Waals surface area contributed by atoms with Crippen LogP contribution in [0.25, 0.3) is 0 Å². The maximum Gasteiger partial charge on any atom is 0.123 e. The molecule has 0 bridgehead atoms. The molecule has 18 heavy (non-hydrogen) atoms. The Morgan fingerprint density at radius 3 is 2.83 bits per heavy atom. The van der Waals surface area contributed by atoms with Gasteiger partial charge in [-0.3, -0.25) is 0 Å². The maximum absolute atomic E-state index is 5.86. The van der Waals surface area contributed by atoms with E-state index in [9.17, 15) is 0 Å². The van der Waals surface area contributed by atoms with Gasteiger partial charge in [0.05, 0.1) is 25.9 Å². The summed E-state index contributed by atoms with van der Waals surface area (Å²) < 4.78 is 16.8. The molecule has 2 aliphatic heterocycles. The van der Waals surface area contributed by atoms with Crippen molar-refractivity contribution < 1.29 is 14.2 Å². The summed E-state index contributed by atoms with van der Waals surface area (Å²) in [5.41, 5.74) is 1.31. The highest BCUT2D eigenvalue weighted by Gasteiger charge is 2.22. The van der Waals surface area contributed by atoms with Gasteiger partial charge in [0.25, 0.3) is 0 Å². The molecule has 1 aromatic carbocycles. The van der Waals surface area contributed by atoms with Gasteiger partial charge in [-0.15, -0.1) is 0 Å². The Kier molecular flexibility index (Phi) is 3.78. The lowest BCUT2D eigenvalue weighted by Crippen LogP contribution is -2.40. The van der Waals surface area contributed by atoms with Gasteiger partial charge < -0.3 is 19.5 Å². The summed E-state index contributed by atoms with van der Waals surface area (Å²) in [6.45, 7) is 3.80. The maximum atomic E-state index is 5.86. The van der Waals surface area contributed by atoms with Crippen LogP contribution in [-0.2, 0) is 15.9 Å². The van der Waals surface area contributed by atoms with Crippen LogP contribution in [0.5, 0.6) is 5.75 Å². The fourth-order valence-electron chi connectivity index (χ4n) is 2.43. The lowest BCUT2D eigenvalue weighted by molar-refractivity contribution is -0.0866. The molecule has 1 N–H and O–H groups in total. The molecule has 0 saturated carbocycles. The molecule has 4 heteroatoms. The minimum atomic E-state index is 0.183. The lowest BCUT2D eigenvalue weighted by atomic mass is 10.1. The largest absolute Gasteiger partial charge is 0.488 e. The van der Waals surface area contributed by atoms with Gasteiger partial charge in [0.2, 0.25) is 0 Å². The summed E-state index contributed by atoms with van der Waals surface area (Å²) in [5.74, 6) is 1.03. The Balaban J connectivity index is 1.40. The third kappa shape index (κ3) is 2.83. The fourth-order valence-corrected chi connectivity index (χ4v) is 2.43. The van der Waals surface area contributed by atoms with Crippen LogP contribution in [0.3, 0.4) is 0 Å². The number of ether oxygens (including phenoxy) is 3. The molecule has 1 aromatic rings. The first-order chi connectivity index (χ1) is 8.92. The zero-order valence-corrected chi connectivity index (χ0v) is 10.4. The van der Waals surface area contributed by atoms with Crippen molar-refractivity contribution in [3.8, 4) is 5.75 Å². The van der Waals surface area contributed by atoms with E-state index in [0.29, 0.717) is 13.2 Å². The second-order valence-electron chi connectivity index (χ2n) is 4.78. The van der Waals surface area contributed by atoms with Crippen LogP contribution < -0.4 is 10.1 Å². The van der Waals surface area contributed by atoms with Crippen LogP contribution in [-0.4, -0.2) is 45.1 Å². The zero-order chi connectivity index (χ0) is 12.2. The summed E-state index contributed by atoms with van der Waals surface area (Å²) in [6.07, 6.45) is 1.42. The quantitative estimate of drug-likeness (QED) is 0.864. The van der Waals surface area contributed by atoms with Crippen LogP contribution in [0.2, 0.25) is 0 Å². The molecule has 0 aromatic heterocycles. The Hall–Kier alpha value is -1.10. The van der Waals surface area contributed by atoms with E-state index < -0.39 is 0 Å². The number of para-hydroxylation sites is 1. The molecular formula is C14H19NO3. The first kappa shape index (κ1) is 12.0. The molecule has 1 saturated heterocycles. The number of hydrogen-bond acceptors (Lipinski definition) is 4. The number of fused-ring (bicyclic) bond motifs is 1. The van der Waals surface area contributed by atoms with Crippen molar-refractivity contribution in [1.82, 2.24) is 5.32 Å². The smallest absolute Gasteiger partial charge is 0.123 e. The van der Waals surface area contributed by atoms with Crippen LogP contribution in [0.1, 0.15) is 5.56 Å². The number of rotatable bonds is 4. The van der Waals surface area contributed by atoms with E-state index in [2.05, 4.69) is 17.4 Å². The molecular weight excluding hydrogens is 230 g/mol. The molecule has 3 rings (SSSR count). The van der Waals surface area contributed by atoms with Crippen molar-refractivity contribution in [2.75, 3.05) is 32.9 Å². The topological polar surface area (TPSA) is 39.7 Å². The van der Waals surface area contributed by atoms with Crippen LogP contribution >= 0.6 is 0 Å². The van der Waals surface area contributed by atoms with Gasteiger partial charge in [0.1, 0.15) is 11.9 Å². The first-order valence-electron chi connectivity index (χ1n) is 6.56. The minimum Gasteiger partial charge on any atom is -0.488 e. The Morgan fingerprint density at radius 1 is 1.11 bits per heavy atom. The standard InChI is InChI=1S/C14H19NO3/c1-2-4-14-11(3-1)7-12(18-14)8-15-9-13-10-16-5-6-17-13/h1-4,12-13,15H,5-10H2. The summed E-state index contributed by atoms with van der Waals surface area (Å²) in [5, 5.41) is 3.40. The Bertz CT molecular complexity index is 365. The van der Waals surface area contributed by atoms with Crippen LogP contribution in [0, 0.1) is 0 Å². The van der Waals surface area contributed by atoms with Gasteiger partial charge in [-0.25, -0.2) is 0 Å². The van der Waals surface area contributed by atoms with Crippen molar-refractivity contribution in [3.63, 3.8) is 0 Å². The van der Waals surface area contributed by atoms with E-state index in [4.69, 9.17) is 14.2 Å².